The summed E-state index contributed by atoms with van der Waals surface area (Å²) in [5.41, 5.74) is 3.18. The molecule has 1 aromatic carbocycles. The summed E-state index contributed by atoms with van der Waals surface area (Å²) in [5, 5.41) is 0. The second-order valence-electron chi connectivity index (χ2n) is 4.66. The second-order valence-corrected chi connectivity index (χ2v) is 5.04. The van der Waals surface area contributed by atoms with E-state index in [1.54, 1.807) is 6.33 Å². The fourth-order valence-corrected chi connectivity index (χ4v) is 2.42. The molecule has 106 valence electrons. The highest BCUT2D eigenvalue weighted by Crippen LogP contribution is 2.31. The van der Waals surface area contributed by atoms with Crippen molar-refractivity contribution in [2.45, 2.75) is 33.1 Å². The van der Waals surface area contributed by atoms with E-state index in [4.69, 9.17) is 17.0 Å². The van der Waals surface area contributed by atoms with Crippen molar-refractivity contribution in [2.24, 2.45) is 0 Å². The van der Waals surface area contributed by atoms with Gasteiger partial charge >= 0.3 is 0 Å². The minimum Gasteiger partial charge on any atom is -0.493 e. The molecule has 3 nitrogen and oxygen atoms in total. The average molecular weight is 288 g/mol. The van der Waals surface area contributed by atoms with Crippen molar-refractivity contribution in [1.82, 2.24) is 9.97 Å². The van der Waals surface area contributed by atoms with Crippen LogP contribution >= 0.6 is 12.2 Å². The molecule has 20 heavy (non-hydrogen) atoms. The van der Waals surface area contributed by atoms with Gasteiger partial charge < -0.3 is 9.72 Å². The Morgan fingerprint density at radius 1 is 1.20 bits per heavy atom. The number of aromatic amines is 1. The van der Waals surface area contributed by atoms with Gasteiger partial charge in [0.2, 0.25) is 0 Å². The molecular formula is C16H20N2OS. The molecule has 1 N–H and O–H groups in total. The summed E-state index contributed by atoms with van der Waals surface area (Å²) < 4.78 is 6.51. The third kappa shape index (κ3) is 3.25. The van der Waals surface area contributed by atoms with Crippen LogP contribution in [0.4, 0.5) is 0 Å². The number of hydrogen-bond acceptors (Lipinski definition) is 3. The van der Waals surface area contributed by atoms with Crippen molar-refractivity contribution in [3.05, 3.63) is 40.8 Å². The van der Waals surface area contributed by atoms with E-state index in [2.05, 4.69) is 29.9 Å². The number of H-pyrrole nitrogens is 1. The molecule has 2 rings (SSSR count). The number of aromatic nitrogens is 2. The van der Waals surface area contributed by atoms with Crippen LogP contribution in [-0.2, 0) is 6.42 Å². The molecule has 2 aromatic rings. The number of nitrogens with one attached hydrogen (secondary N) is 1. The fourth-order valence-electron chi connectivity index (χ4n) is 2.16. The Labute approximate surface area is 125 Å². The first-order valence-electron chi connectivity index (χ1n) is 7.06. The smallest absolute Gasteiger partial charge is 0.133 e. The molecule has 0 saturated carbocycles. The van der Waals surface area contributed by atoms with Crippen LogP contribution in [0.5, 0.6) is 5.75 Å². The van der Waals surface area contributed by atoms with Crippen molar-refractivity contribution >= 4 is 12.2 Å². The molecule has 1 aromatic heterocycles. The van der Waals surface area contributed by atoms with Crippen LogP contribution in [-0.4, -0.2) is 16.6 Å². The Morgan fingerprint density at radius 2 is 2.00 bits per heavy atom. The molecule has 0 fully saturated rings. The zero-order valence-corrected chi connectivity index (χ0v) is 12.8. The van der Waals surface area contributed by atoms with Crippen LogP contribution in [0.1, 0.15) is 32.3 Å². The lowest BCUT2D eigenvalue weighted by molar-refractivity contribution is 0.318. The maximum atomic E-state index is 5.84. The van der Waals surface area contributed by atoms with Gasteiger partial charge in [-0.15, -0.1) is 0 Å². The first kappa shape index (κ1) is 14.7. The van der Waals surface area contributed by atoms with Gasteiger partial charge in [0.25, 0.3) is 0 Å². The summed E-state index contributed by atoms with van der Waals surface area (Å²) >= 11 is 5.36. The Kier molecular flexibility index (Phi) is 5.30. The monoisotopic (exact) mass is 288 g/mol. The van der Waals surface area contributed by atoms with Gasteiger partial charge in [0, 0.05) is 11.1 Å². The normalized spacial score (nSPS) is 10.5. The van der Waals surface area contributed by atoms with Gasteiger partial charge in [0.15, 0.2) is 0 Å². The summed E-state index contributed by atoms with van der Waals surface area (Å²) in [5.74, 6) is 0.892. The lowest BCUT2D eigenvalue weighted by Crippen LogP contribution is -2.01. The van der Waals surface area contributed by atoms with Crippen molar-refractivity contribution in [3.8, 4) is 17.0 Å². The number of para-hydroxylation sites is 1. The predicted molar refractivity (Wildman–Crippen MR) is 84.6 cm³/mol. The topological polar surface area (TPSA) is 37.9 Å². The number of benzene rings is 1. The molecule has 0 atom stereocenters. The van der Waals surface area contributed by atoms with Gasteiger partial charge in [-0.25, -0.2) is 4.98 Å². The van der Waals surface area contributed by atoms with E-state index < -0.39 is 0 Å². The summed E-state index contributed by atoms with van der Waals surface area (Å²) in [6.45, 7) is 4.96. The zero-order valence-electron chi connectivity index (χ0n) is 12.0. The van der Waals surface area contributed by atoms with Crippen LogP contribution in [0.3, 0.4) is 0 Å². The molecule has 0 bridgehead atoms. The molecule has 0 aliphatic heterocycles. The Balaban J connectivity index is 2.51. The van der Waals surface area contributed by atoms with Gasteiger partial charge in [0.05, 0.1) is 18.6 Å². The van der Waals surface area contributed by atoms with Crippen LogP contribution in [0.2, 0.25) is 0 Å². The number of rotatable bonds is 6. The van der Waals surface area contributed by atoms with E-state index in [9.17, 15) is 0 Å². The first-order valence-corrected chi connectivity index (χ1v) is 7.47. The quantitative estimate of drug-likeness (QED) is 0.793. The van der Waals surface area contributed by atoms with Crippen molar-refractivity contribution in [2.75, 3.05) is 6.61 Å². The maximum Gasteiger partial charge on any atom is 0.133 e. The Hall–Kier alpha value is -1.68. The van der Waals surface area contributed by atoms with Gasteiger partial charge in [-0.2, -0.15) is 0 Å². The van der Waals surface area contributed by atoms with Crippen molar-refractivity contribution in [3.63, 3.8) is 0 Å². The van der Waals surface area contributed by atoms with E-state index in [1.807, 2.05) is 18.2 Å². The Morgan fingerprint density at radius 3 is 2.75 bits per heavy atom. The van der Waals surface area contributed by atoms with E-state index in [-0.39, 0.29) is 0 Å². The summed E-state index contributed by atoms with van der Waals surface area (Å²) in [6, 6.07) is 8.06. The average Bonchev–Trinajstić information content (AvgIpc) is 2.48. The predicted octanol–water partition coefficient (Wildman–Crippen LogP) is 4.55. The van der Waals surface area contributed by atoms with Gasteiger partial charge in [0.1, 0.15) is 10.4 Å². The summed E-state index contributed by atoms with van der Waals surface area (Å²) in [6.07, 6.45) is 4.60. The molecule has 0 aliphatic rings. The Bertz CT molecular complexity index is 622. The van der Waals surface area contributed by atoms with E-state index in [1.165, 1.54) is 0 Å². The molecular weight excluding hydrogens is 268 g/mol. The molecule has 0 unspecified atom stereocenters. The van der Waals surface area contributed by atoms with E-state index in [0.717, 1.165) is 41.8 Å². The SMILES string of the molecule is CCCOc1ccccc1-c1[nH]cnc(=S)c1CCC. The lowest BCUT2D eigenvalue weighted by atomic mass is 10.0. The van der Waals surface area contributed by atoms with Crippen LogP contribution in [0.15, 0.2) is 30.6 Å². The highest BCUT2D eigenvalue weighted by molar-refractivity contribution is 7.71. The van der Waals surface area contributed by atoms with Gasteiger partial charge in [-0.1, -0.05) is 44.6 Å². The lowest BCUT2D eigenvalue weighted by Gasteiger charge is -2.13. The molecule has 4 heteroatoms. The highest BCUT2D eigenvalue weighted by atomic mass is 32.1. The minimum absolute atomic E-state index is 0.672. The minimum atomic E-state index is 0.672. The van der Waals surface area contributed by atoms with E-state index in [0.29, 0.717) is 11.2 Å². The van der Waals surface area contributed by atoms with Crippen LogP contribution < -0.4 is 4.74 Å². The molecule has 0 aliphatic carbocycles. The summed E-state index contributed by atoms with van der Waals surface area (Å²) in [4.78, 5) is 7.43. The fraction of sp³-hybridized carbons (Fsp3) is 0.375. The third-order valence-electron chi connectivity index (χ3n) is 3.07. The summed E-state index contributed by atoms with van der Waals surface area (Å²) in [7, 11) is 0. The number of nitrogens with zero attached hydrogens (tertiary/aromatic N) is 1. The van der Waals surface area contributed by atoms with Gasteiger partial charge in [-0.05, 0) is 25.0 Å². The molecule has 1 heterocycles. The van der Waals surface area contributed by atoms with Gasteiger partial charge in [-0.3, -0.25) is 0 Å². The molecule has 0 amide bonds. The molecule has 0 radical (unpaired) electrons. The van der Waals surface area contributed by atoms with Crippen molar-refractivity contribution < 1.29 is 4.74 Å². The second kappa shape index (κ2) is 7.20. The highest BCUT2D eigenvalue weighted by Gasteiger charge is 2.12. The standard InChI is InChI=1S/C16H20N2OS/c1-3-7-13-15(17-11-18-16(13)20)12-8-5-6-9-14(12)19-10-4-2/h5-6,8-9,11H,3-4,7,10H2,1-2H3,(H,17,18,20). The third-order valence-corrected chi connectivity index (χ3v) is 3.42. The molecule has 0 spiro atoms. The maximum absolute atomic E-state index is 5.84. The van der Waals surface area contributed by atoms with Crippen molar-refractivity contribution in [1.29, 1.82) is 0 Å². The number of ether oxygens (including phenoxy) is 1. The number of hydrogen-bond donors (Lipinski definition) is 1. The van der Waals surface area contributed by atoms with Crippen LogP contribution in [0.25, 0.3) is 11.3 Å². The van der Waals surface area contributed by atoms with Crippen LogP contribution in [0, 0.1) is 4.64 Å². The zero-order chi connectivity index (χ0) is 14.4. The first-order chi connectivity index (χ1) is 9.77. The van der Waals surface area contributed by atoms with E-state index >= 15 is 0 Å². The molecule has 0 saturated heterocycles. The largest absolute Gasteiger partial charge is 0.493 e.